The molecule has 20 heavy (non-hydrogen) atoms. The topological polar surface area (TPSA) is 66.4 Å². The van der Waals surface area contributed by atoms with Gasteiger partial charge in [-0.3, -0.25) is 9.59 Å². The Kier molecular flexibility index (Phi) is 5.43. The van der Waals surface area contributed by atoms with Crippen molar-refractivity contribution >= 4 is 29.3 Å². The van der Waals surface area contributed by atoms with E-state index in [2.05, 4.69) is 0 Å². The smallest absolute Gasteiger partial charge is 0.471 e. The van der Waals surface area contributed by atoms with Crippen LogP contribution in [0, 0.1) is 6.92 Å². The first-order valence-electron chi connectivity index (χ1n) is 5.53. The fraction of sp³-hybridized carbons (Fsp3) is 0.333. The maximum Gasteiger partial charge on any atom is 0.471 e. The van der Waals surface area contributed by atoms with E-state index in [0.717, 1.165) is 17.3 Å². The summed E-state index contributed by atoms with van der Waals surface area (Å²) in [5.74, 6) is -2.85. The molecule has 2 N–H and O–H groups in total. The molecule has 0 saturated heterocycles. The summed E-state index contributed by atoms with van der Waals surface area (Å²) in [6.45, 7) is 1.75. The molecule has 1 aromatic carbocycles. The highest BCUT2D eigenvalue weighted by molar-refractivity contribution is 7.99. The van der Waals surface area contributed by atoms with Gasteiger partial charge in [-0.05, 0) is 24.6 Å². The van der Waals surface area contributed by atoms with E-state index in [1.807, 2.05) is 0 Å². The molecule has 1 aromatic rings. The Bertz CT molecular complexity index is 517. The van der Waals surface area contributed by atoms with E-state index >= 15 is 0 Å². The number of halogens is 3. The Labute approximate surface area is 117 Å². The highest BCUT2D eigenvalue weighted by Gasteiger charge is 2.38. The molecule has 1 rings (SSSR count). The third-order valence-corrected chi connectivity index (χ3v) is 3.27. The van der Waals surface area contributed by atoms with Crippen molar-refractivity contribution in [1.82, 2.24) is 0 Å². The van der Waals surface area contributed by atoms with Gasteiger partial charge in [0, 0.05) is 10.6 Å². The molecule has 0 spiro atoms. The number of carboxylic acid groups (broad SMARTS) is 1. The molecule has 0 aliphatic rings. The number of carbonyl (C=O) groups is 2. The van der Waals surface area contributed by atoms with Gasteiger partial charge in [0.05, 0.1) is 12.1 Å². The quantitative estimate of drug-likeness (QED) is 0.821. The van der Waals surface area contributed by atoms with Crippen LogP contribution in [0.25, 0.3) is 0 Å². The van der Waals surface area contributed by atoms with Crippen LogP contribution in [0.2, 0.25) is 0 Å². The maximum atomic E-state index is 12.2. The largest absolute Gasteiger partial charge is 0.481 e. The van der Waals surface area contributed by atoms with Gasteiger partial charge in [-0.15, -0.1) is 11.8 Å². The number of anilines is 1. The summed E-state index contributed by atoms with van der Waals surface area (Å²) in [6.07, 6.45) is -5.08. The van der Waals surface area contributed by atoms with E-state index < -0.39 is 18.1 Å². The van der Waals surface area contributed by atoms with Gasteiger partial charge in [0.2, 0.25) is 0 Å². The van der Waals surface area contributed by atoms with Crippen molar-refractivity contribution in [3.05, 3.63) is 23.8 Å². The van der Waals surface area contributed by atoms with Crippen molar-refractivity contribution in [2.75, 3.05) is 11.1 Å². The van der Waals surface area contributed by atoms with E-state index in [1.54, 1.807) is 24.4 Å². The lowest BCUT2D eigenvalue weighted by molar-refractivity contribution is -0.167. The van der Waals surface area contributed by atoms with Crippen molar-refractivity contribution in [3.8, 4) is 0 Å². The number of rotatable bonds is 5. The molecule has 0 radical (unpaired) electrons. The van der Waals surface area contributed by atoms with E-state index in [4.69, 9.17) is 5.11 Å². The zero-order valence-electron chi connectivity index (χ0n) is 10.5. The molecule has 0 saturated carbocycles. The summed E-state index contributed by atoms with van der Waals surface area (Å²) >= 11 is 1.08. The minimum absolute atomic E-state index is 0.0216. The van der Waals surface area contributed by atoms with Gasteiger partial charge < -0.3 is 10.4 Å². The summed E-state index contributed by atoms with van der Waals surface area (Å²) < 4.78 is 36.6. The van der Waals surface area contributed by atoms with Gasteiger partial charge in [-0.25, -0.2) is 0 Å². The maximum absolute atomic E-state index is 12.2. The Hall–Kier alpha value is -1.70. The molecule has 0 bridgehead atoms. The fourth-order valence-electron chi connectivity index (χ4n) is 1.29. The Morgan fingerprint density at radius 2 is 2.00 bits per heavy atom. The van der Waals surface area contributed by atoms with Gasteiger partial charge in [0.1, 0.15) is 0 Å². The second-order valence-electron chi connectivity index (χ2n) is 3.94. The van der Waals surface area contributed by atoms with Gasteiger partial charge >= 0.3 is 18.1 Å². The predicted molar refractivity (Wildman–Crippen MR) is 68.8 cm³/mol. The summed E-state index contributed by atoms with van der Waals surface area (Å²) in [6, 6.07) is 4.52. The van der Waals surface area contributed by atoms with Gasteiger partial charge in [0.25, 0.3) is 0 Å². The first kappa shape index (κ1) is 16.4. The van der Waals surface area contributed by atoms with Crippen LogP contribution in [0.4, 0.5) is 18.9 Å². The molecule has 4 nitrogen and oxygen atoms in total. The zero-order valence-corrected chi connectivity index (χ0v) is 11.3. The first-order valence-corrected chi connectivity index (χ1v) is 6.52. The number of amides is 1. The number of aliphatic carboxylic acids is 1. The fourth-order valence-corrected chi connectivity index (χ4v) is 2.33. The number of nitrogens with one attached hydrogen (secondary N) is 1. The molecule has 110 valence electrons. The number of alkyl halides is 3. The van der Waals surface area contributed by atoms with Crippen molar-refractivity contribution in [1.29, 1.82) is 0 Å². The normalized spacial score (nSPS) is 11.2. The van der Waals surface area contributed by atoms with Crippen LogP contribution in [0.15, 0.2) is 23.1 Å². The van der Waals surface area contributed by atoms with Crippen molar-refractivity contribution < 1.29 is 27.9 Å². The van der Waals surface area contributed by atoms with Crippen molar-refractivity contribution in [2.45, 2.75) is 24.4 Å². The number of carboxylic acids is 1. The van der Waals surface area contributed by atoms with Crippen molar-refractivity contribution in [2.24, 2.45) is 0 Å². The zero-order chi connectivity index (χ0) is 15.3. The third kappa shape index (κ3) is 5.12. The van der Waals surface area contributed by atoms with Crippen LogP contribution in [-0.4, -0.2) is 28.9 Å². The summed E-state index contributed by atoms with van der Waals surface area (Å²) in [7, 11) is 0. The monoisotopic (exact) mass is 307 g/mol. The minimum atomic E-state index is -4.96. The van der Waals surface area contributed by atoms with Gasteiger partial charge in [-0.2, -0.15) is 13.2 Å². The molecule has 0 atom stereocenters. The molecule has 1 amide bonds. The van der Waals surface area contributed by atoms with E-state index in [9.17, 15) is 22.8 Å². The SMILES string of the molecule is Cc1ccc(NC(=O)C(F)(F)F)c(SCCC(=O)O)c1. The second kappa shape index (κ2) is 6.65. The Morgan fingerprint density at radius 3 is 2.55 bits per heavy atom. The molecule has 0 unspecified atom stereocenters. The van der Waals surface area contributed by atoms with Gasteiger partial charge in [0.15, 0.2) is 0 Å². The highest BCUT2D eigenvalue weighted by Crippen LogP contribution is 2.30. The minimum Gasteiger partial charge on any atom is -0.481 e. The average molecular weight is 307 g/mol. The molecule has 0 aromatic heterocycles. The summed E-state index contributed by atoms with van der Waals surface area (Å²) in [4.78, 5) is 21.7. The molecule has 8 heteroatoms. The standard InChI is InChI=1S/C12H12F3NO3S/c1-7-2-3-8(16-11(19)12(13,14)15)9(6-7)20-5-4-10(17)18/h2-3,6H,4-5H2,1H3,(H,16,19)(H,17,18). The summed E-state index contributed by atoms with van der Waals surface area (Å²) in [5.41, 5.74) is 0.821. The number of hydrogen-bond acceptors (Lipinski definition) is 3. The number of aryl methyl sites for hydroxylation is 1. The average Bonchev–Trinajstić information content (AvgIpc) is 2.30. The molecule has 0 heterocycles. The summed E-state index contributed by atoms with van der Waals surface area (Å²) in [5, 5.41) is 10.3. The number of thioether (sulfide) groups is 1. The molecule has 0 fully saturated rings. The number of hydrogen-bond donors (Lipinski definition) is 2. The van der Waals surface area contributed by atoms with Crippen LogP contribution in [0.1, 0.15) is 12.0 Å². The van der Waals surface area contributed by atoms with Crippen molar-refractivity contribution in [3.63, 3.8) is 0 Å². The van der Waals surface area contributed by atoms with Crippen LogP contribution in [0.5, 0.6) is 0 Å². The highest BCUT2D eigenvalue weighted by atomic mass is 32.2. The number of benzene rings is 1. The lowest BCUT2D eigenvalue weighted by atomic mass is 10.2. The van der Waals surface area contributed by atoms with E-state index in [-0.39, 0.29) is 17.9 Å². The molecule has 0 aliphatic heterocycles. The van der Waals surface area contributed by atoms with Crippen LogP contribution in [0.3, 0.4) is 0 Å². The Balaban J connectivity index is 2.84. The van der Waals surface area contributed by atoms with E-state index in [0.29, 0.717) is 4.90 Å². The molecule has 0 aliphatic carbocycles. The molecular weight excluding hydrogens is 295 g/mol. The predicted octanol–water partition coefficient (Wildman–Crippen LogP) is 3.06. The van der Waals surface area contributed by atoms with Crippen LogP contribution >= 0.6 is 11.8 Å². The van der Waals surface area contributed by atoms with Crippen LogP contribution < -0.4 is 5.32 Å². The molecular formula is C12H12F3NO3S. The Morgan fingerprint density at radius 1 is 1.35 bits per heavy atom. The van der Waals surface area contributed by atoms with E-state index in [1.165, 1.54) is 6.07 Å². The second-order valence-corrected chi connectivity index (χ2v) is 5.08. The van der Waals surface area contributed by atoms with Crippen LogP contribution in [-0.2, 0) is 9.59 Å². The van der Waals surface area contributed by atoms with Gasteiger partial charge in [-0.1, -0.05) is 6.07 Å². The third-order valence-electron chi connectivity index (χ3n) is 2.22. The first-order chi connectivity index (χ1) is 9.20. The lowest BCUT2D eigenvalue weighted by Gasteiger charge is -2.12. The lowest BCUT2D eigenvalue weighted by Crippen LogP contribution is -2.30. The number of carbonyl (C=O) groups excluding carboxylic acids is 1.